The molecule has 0 aliphatic carbocycles. The number of hydrogen-bond donors (Lipinski definition) is 1. The van der Waals surface area contributed by atoms with E-state index in [9.17, 15) is 9.59 Å². The van der Waals surface area contributed by atoms with Crippen LogP contribution in [-0.4, -0.2) is 41.6 Å². The Morgan fingerprint density at radius 2 is 1.90 bits per heavy atom. The quantitative estimate of drug-likeness (QED) is 0.846. The van der Waals surface area contributed by atoms with Gasteiger partial charge in [0, 0.05) is 35.7 Å². The van der Waals surface area contributed by atoms with Crippen molar-refractivity contribution in [2.24, 2.45) is 0 Å². The third-order valence-electron chi connectivity index (χ3n) is 3.32. The van der Waals surface area contributed by atoms with Gasteiger partial charge in [-0.15, -0.1) is 11.8 Å². The van der Waals surface area contributed by atoms with Crippen LogP contribution in [0.5, 0.6) is 0 Å². The van der Waals surface area contributed by atoms with E-state index in [1.807, 2.05) is 29.2 Å². The Morgan fingerprint density at radius 3 is 2.48 bits per heavy atom. The monoisotopic (exact) mass is 326 g/mol. The second-order valence-corrected chi connectivity index (χ2v) is 6.58. The normalized spacial score (nSPS) is 15.8. The maximum absolute atomic E-state index is 12.4. The molecule has 2 rings (SSSR count). The molecule has 114 valence electrons. The molecule has 1 saturated heterocycles. The third-order valence-corrected chi connectivity index (χ3v) is 4.68. The van der Waals surface area contributed by atoms with Crippen LogP contribution in [0.25, 0.3) is 0 Å². The van der Waals surface area contributed by atoms with Crippen molar-refractivity contribution < 1.29 is 9.59 Å². The second-order valence-electron chi connectivity index (χ2n) is 5.05. The topological polar surface area (TPSA) is 49.4 Å². The zero-order valence-electron chi connectivity index (χ0n) is 12.0. The van der Waals surface area contributed by atoms with Crippen LogP contribution in [0.2, 0.25) is 5.02 Å². The number of carbonyl (C=O) groups excluding carboxylic acids is 2. The maximum atomic E-state index is 12.4. The molecular formula is C15H19ClN2O2S. The smallest absolute Gasteiger partial charge is 0.246 e. The van der Waals surface area contributed by atoms with Crippen LogP contribution in [0, 0.1) is 0 Å². The molecule has 0 bridgehead atoms. The van der Waals surface area contributed by atoms with E-state index in [4.69, 9.17) is 11.6 Å². The molecule has 1 aromatic carbocycles. The highest BCUT2D eigenvalue weighted by molar-refractivity contribution is 7.99. The molecule has 0 radical (unpaired) electrons. The summed E-state index contributed by atoms with van der Waals surface area (Å²) >= 11 is 7.40. The van der Waals surface area contributed by atoms with Crippen molar-refractivity contribution in [3.05, 3.63) is 29.3 Å². The van der Waals surface area contributed by atoms with Gasteiger partial charge in [-0.3, -0.25) is 9.59 Å². The van der Waals surface area contributed by atoms with Crippen molar-refractivity contribution in [2.45, 2.75) is 30.7 Å². The number of carbonyl (C=O) groups is 2. The van der Waals surface area contributed by atoms with Crippen LogP contribution < -0.4 is 5.32 Å². The highest BCUT2D eigenvalue weighted by Gasteiger charge is 2.27. The van der Waals surface area contributed by atoms with E-state index in [-0.39, 0.29) is 11.8 Å². The maximum Gasteiger partial charge on any atom is 0.246 e. The zero-order valence-corrected chi connectivity index (χ0v) is 13.5. The first-order chi connectivity index (χ1) is 10.1. The minimum Gasteiger partial charge on any atom is -0.344 e. The number of amides is 2. The summed E-state index contributed by atoms with van der Waals surface area (Å²) < 4.78 is 0. The first kappa shape index (κ1) is 16.2. The van der Waals surface area contributed by atoms with Gasteiger partial charge in [-0.25, -0.2) is 0 Å². The van der Waals surface area contributed by atoms with Gasteiger partial charge in [0.05, 0.1) is 0 Å². The number of nitrogens with zero attached hydrogens (tertiary/aromatic N) is 1. The summed E-state index contributed by atoms with van der Waals surface area (Å²) in [5.74, 6) is 0.365. The number of rotatable bonds is 5. The van der Waals surface area contributed by atoms with Gasteiger partial charge in [0.1, 0.15) is 6.04 Å². The molecular weight excluding hydrogens is 308 g/mol. The SMILES string of the molecule is CC(=O)NC(CSc1ccc(Cl)cc1)C(=O)N1CCCC1. The lowest BCUT2D eigenvalue weighted by molar-refractivity contribution is -0.134. The highest BCUT2D eigenvalue weighted by Crippen LogP contribution is 2.22. The molecule has 1 aliphatic rings. The van der Waals surface area contributed by atoms with Gasteiger partial charge in [-0.05, 0) is 37.1 Å². The van der Waals surface area contributed by atoms with Gasteiger partial charge >= 0.3 is 0 Å². The van der Waals surface area contributed by atoms with Crippen molar-refractivity contribution >= 4 is 35.2 Å². The molecule has 1 aromatic rings. The number of thioether (sulfide) groups is 1. The van der Waals surface area contributed by atoms with E-state index < -0.39 is 6.04 Å². The molecule has 1 unspecified atom stereocenters. The number of nitrogens with one attached hydrogen (secondary N) is 1. The molecule has 6 heteroatoms. The Morgan fingerprint density at radius 1 is 1.29 bits per heavy atom. The van der Waals surface area contributed by atoms with E-state index in [0.717, 1.165) is 30.8 Å². The number of hydrogen-bond acceptors (Lipinski definition) is 3. The predicted octanol–water partition coefficient (Wildman–Crippen LogP) is 2.56. The summed E-state index contributed by atoms with van der Waals surface area (Å²) in [7, 11) is 0. The average molecular weight is 327 g/mol. The fraction of sp³-hybridized carbons (Fsp3) is 0.467. The average Bonchev–Trinajstić information content (AvgIpc) is 2.98. The number of benzene rings is 1. The highest BCUT2D eigenvalue weighted by atomic mass is 35.5. The molecule has 0 spiro atoms. The van der Waals surface area contributed by atoms with Crippen LogP contribution in [0.1, 0.15) is 19.8 Å². The lowest BCUT2D eigenvalue weighted by Crippen LogP contribution is -2.48. The summed E-state index contributed by atoms with van der Waals surface area (Å²) in [5.41, 5.74) is 0. The predicted molar refractivity (Wildman–Crippen MR) is 85.6 cm³/mol. The molecule has 1 fully saturated rings. The van der Waals surface area contributed by atoms with Crippen LogP contribution in [0.3, 0.4) is 0 Å². The Labute approximate surface area is 134 Å². The summed E-state index contributed by atoms with van der Waals surface area (Å²) in [6, 6.07) is 7.00. The fourth-order valence-electron chi connectivity index (χ4n) is 2.29. The molecule has 21 heavy (non-hydrogen) atoms. The first-order valence-electron chi connectivity index (χ1n) is 7.00. The summed E-state index contributed by atoms with van der Waals surface area (Å²) in [6.45, 7) is 3.03. The van der Waals surface area contributed by atoms with Crippen molar-refractivity contribution in [3.63, 3.8) is 0 Å². The Kier molecular flexibility index (Phi) is 5.94. The van der Waals surface area contributed by atoms with Gasteiger partial charge in [-0.1, -0.05) is 11.6 Å². The zero-order chi connectivity index (χ0) is 15.2. The minimum atomic E-state index is -0.471. The largest absolute Gasteiger partial charge is 0.344 e. The molecule has 1 atom stereocenters. The lowest BCUT2D eigenvalue weighted by atomic mass is 10.3. The van der Waals surface area contributed by atoms with Crippen molar-refractivity contribution in [2.75, 3.05) is 18.8 Å². The van der Waals surface area contributed by atoms with Gasteiger partial charge in [0.2, 0.25) is 11.8 Å². The van der Waals surface area contributed by atoms with Crippen molar-refractivity contribution in [3.8, 4) is 0 Å². The van der Waals surface area contributed by atoms with Crippen molar-refractivity contribution in [1.82, 2.24) is 10.2 Å². The molecule has 2 amide bonds. The standard InChI is InChI=1S/C15H19ClN2O2S/c1-11(19)17-14(15(20)18-8-2-3-9-18)10-21-13-6-4-12(16)5-7-13/h4-7,14H,2-3,8-10H2,1H3,(H,17,19). The van der Waals surface area contributed by atoms with Gasteiger partial charge < -0.3 is 10.2 Å². The van der Waals surface area contributed by atoms with Gasteiger partial charge in [0.25, 0.3) is 0 Å². The molecule has 0 aromatic heterocycles. The molecule has 1 N–H and O–H groups in total. The van der Waals surface area contributed by atoms with E-state index in [0.29, 0.717) is 10.8 Å². The minimum absolute atomic E-state index is 0.0177. The van der Waals surface area contributed by atoms with Gasteiger partial charge in [-0.2, -0.15) is 0 Å². The van der Waals surface area contributed by atoms with E-state index >= 15 is 0 Å². The first-order valence-corrected chi connectivity index (χ1v) is 8.37. The molecule has 0 saturated carbocycles. The Bertz CT molecular complexity index is 501. The molecule has 1 heterocycles. The second kappa shape index (κ2) is 7.71. The van der Waals surface area contributed by atoms with E-state index in [1.165, 1.54) is 6.92 Å². The van der Waals surface area contributed by atoms with Crippen LogP contribution in [0.4, 0.5) is 0 Å². The van der Waals surface area contributed by atoms with Gasteiger partial charge in [0.15, 0.2) is 0 Å². The molecule has 4 nitrogen and oxygen atoms in total. The van der Waals surface area contributed by atoms with Crippen LogP contribution in [-0.2, 0) is 9.59 Å². The van der Waals surface area contributed by atoms with E-state index in [2.05, 4.69) is 5.32 Å². The Balaban J connectivity index is 1.96. The lowest BCUT2D eigenvalue weighted by Gasteiger charge is -2.23. The Hall–Kier alpha value is -1.20. The molecule has 1 aliphatic heterocycles. The third kappa shape index (κ3) is 4.93. The fourth-order valence-corrected chi connectivity index (χ4v) is 3.33. The number of halogens is 1. The number of likely N-dealkylation sites (tertiary alicyclic amines) is 1. The van der Waals surface area contributed by atoms with Crippen LogP contribution in [0.15, 0.2) is 29.2 Å². The van der Waals surface area contributed by atoms with E-state index in [1.54, 1.807) is 11.8 Å². The van der Waals surface area contributed by atoms with Crippen molar-refractivity contribution in [1.29, 1.82) is 0 Å². The summed E-state index contributed by atoms with van der Waals surface area (Å²) in [6.07, 6.45) is 2.09. The summed E-state index contributed by atoms with van der Waals surface area (Å²) in [5, 5.41) is 3.45. The van der Waals surface area contributed by atoms with Crippen LogP contribution >= 0.6 is 23.4 Å². The summed E-state index contributed by atoms with van der Waals surface area (Å²) in [4.78, 5) is 26.6.